The summed E-state index contributed by atoms with van der Waals surface area (Å²) in [5, 5.41) is 2.96. The van der Waals surface area contributed by atoms with Crippen molar-refractivity contribution in [3.63, 3.8) is 0 Å². The van der Waals surface area contributed by atoms with Gasteiger partial charge < -0.3 is 15.0 Å². The van der Waals surface area contributed by atoms with Crippen LogP contribution in [0.3, 0.4) is 0 Å². The molecule has 2 rings (SSSR count). The third-order valence-corrected chi connectivity index (χ3v) is 3.48. The van der Waals surface area contributed by atoms with Gasteiger partial charge in [0.1, 0.15) is 0 Å². The van der Waals surface area contributed by atoms with Gasteiger partial charge in [-0.15, -0.1) is 0 Å². The maximum atomic E-state index is 12.2. The van der Waals surface area contributed by atoms with Crippen molar-refractivity contribution in [2.45, 2.75) is 45.4 Å². The number of hydrogen-bond donors (Lipinski definition) is 1. The molecule has 1 N–H and O–H groups in total. The average Bonchev–Trinajstić information content (AvgIpc) is 2.41. The van der Waals surface area contributed by atoms with Gasteiger partial charge in [0.05, 0.1) is 18.8 Å². The van der Waals surface area contributed by atoms with Crippen LogP contribution in [0, 0.1) is 0 Å². The summed E-state index contributed by atoms with van der Waals surface area (Å²) in [4.78, 5) is 14.1. The van der Waals surface area contributed by atoms with Crippen molar-refractivity contribution in [1.29, 1.82) is 0 Å². The Hall–Kier alpha value is -1.55. The second-order valence-electron chi connectivity index (χ2n) is 5.75. The van der Waals surface area contributed by atoms with Crippen LogP contribution < -0.4 is 5.32 Å². The van der Waals surface area contributed by atoms with Gasteiger partial charge in [-0.05, 0) is 26.3 Å². The van der Waals surface area contributed by atoms with E-state index in [9.17, 15) is 4.79 Å². The normalized spacial score (nSPS) is 22.9. The van der Waals surface area contributed by atoms with E-state index in [1.165, 1.54) is 5.56 Å². The van der Waals surface area contributed by atoms with Crippen molar-refractivity contribution >= 4 is 6.03 Å². The summed E-state index contributed by atoms with van der Waals surface area (Å²) in [5.41, 5.74) is 1.25. The predicted octanol–water partition coefficient (Wildman–Crippen LogP) is 2.44. The van der Waals surface area contributed by atoms with Gasteiger partial charge in [0, 0.05) is 19.0 Å². The third-order valence-electron chi connectivity index (χ3n) is 3.48. The van der Waals surface area contributed by atoms with Crippen molar-refractivity contribution in [2.24, 2.45) is 0 Å². The number of rotatable bonds is 3. The Morgan fingerprint density at radius 3 is 2.75 bits per heavy atom. The number of carbonyl (C=O) groups is 1. The van der Waals surface area contributed by atoms with Crippen LogP contribution in [-0.4, -0.2) is 42.3 Å². The zero-order valence-corrected chi connectivity index (χ0v) is 12.5. The maximum Gasteiger partial charge on any atom is 0.318 e. The van der Waals surface area contributed by atoms with Crippen LogP contribution >= 0.6 is 0 Å². The first kappa shape index (κ1) is 14.9. The summed E-state index contributed by atoms with van der Waals surface area (Å²) in [6.07, 6.45) is 0.922. The van der Waals surface area contributed by atoms with Gasteiger partial charge in [-0.25, -0.2) is 4.79 Å². The zero-order chi connectivity index (χ0) is 14.5. The average molecular weight is 276 g/mol. The van der Waals surface area contributed by atoms with E-state index in [0.29, 0.717) is 13.2 Å². The van der Waals surface area contributed by atoms with E-state index in [2.05, 4.69) is 17.4 Å². The molecule has 20 heavy (non-hydrogen) atoms. The first-order chi connectivity index (χ1) is 9.56. The molecule has 1 heterocycles. The maximum absolute atomic E-state index is 12.2. The van der Waals surface area contributed by atoms with Crippen LogP contribution in [-0.2, 0) is 11.2 Å². The van der Waals surface area contributed by atoms with E-state index >= 15 is 0 Å². The Morgan fingerprint density at radius 2 is 2.10 bits per heavy atom. The van der Waals surface area contributed by atoms with Gasteiger partial charge in [0.15, 0.2) is 0 Å². The summed E-state index contributed by atoms with van der Waals surface area (Å²) < 4.78 is 5.86. The van der Waals surface area contributed by atoms with Gasteiger partial charge in [0.25, 0.3) is 0 Å². The van der Waals surface area contributed by atoms with E-state index < -0.39 is 0 Å². The van der Waals surface area contributed by atoms with Crippen molar-refractivity contribution in [1.82, 2.24) is 10.2 Å². The molecule has 0 aliphatic carbocycles. The first-order valence-electron chi connectivity index (χ1n) is 7.29. The predicted molar refractivity (Wildman–Crippen MR) is 79.7 cm³/mol. The number of nitrogens with zero attached hydrogens (tertiary/aromatic N) is 1. The Balaban J connectivity index is 1.95. The number of benzene rings is 1. The molecule has 1 aromatic rings. The highest BCUT2D eigenvalue weighted by Gasteiger charge is 2.29. The largest absolute Gasteiger partial charge is 0.374 e. The van der Waals surface area contributed by atoms with E-state index in [1.807, 2.05) is 43.9 Å². The fraction of sp³-hybridized carbons (Fsp3) is 0.562. The minimum atomic E-state index is 0.00821. The van der Waals surface area contributed by atoms with E-state index in [-0.39, 0.29) is 24.2 Å². The Bertz CT molecular complexity index is 433. The molecule has 4 nitrogen and oxygen atoms in total. The van der Waals surface area contributed by atoms with Crippen molar-refractivity contribution in [3.05, 3.63) is 35.9 Å². The lowest BCUT2D eigenvalue weighted by molar-refractivity contribution is -0.0405. The van der Waals surface area contributed by atoms with Gasteiger partial charge >= 0.3 is 6.03 Å². The number of ether oxygens (including phenoxy) is 1. The lowest BCUT2D eigenvalue weighted by Crippen LogP contribution is -2.55. The minimum absolute atomic E-state index is 0.00821. The number of carbonyl (C=O) groups excluding carboxylic acids is 1. The van der Waals surface area contributed by atoms with Crippen molar-refractivity contribution < 1.29 is 9.53 Å². The minimum Gasteiger partial charge on any atom is -0.374 e. The second-order valence-corrected chi connectivity index (χ2v) is 5.75. The van der Waals surface area contributed by atoms with Gasteiger partial charge in [-0.3, -0.25) is 0 Å². The molecule has 1 fully saturated rings. The molecule has 1 saturated heterocycles. The Kier molecular flexibility index (Phi) is 5.01. The van der Waals surface area contributed by atoms with E-state index in [1.54, 1.807) is 0 Å². The quantitative estimate of drug-likeness (QED) is 0.921. The molecular weight excluding hydrogens is 252 g/mol. The molecule has 4 heteroatoms. The molecular formula is C16H24N2O2. The van der Waals surface area contributed by atoms with Crippen LogP contribution in [0.25, 0.3) is 0 Å². The van der Waals surface area contributed by atoms with Crippen LogP contribution in [0.15, 0.2) is 30.3 Å². The zero-order valence-electron chi connectivity index (χ0n) is 12.5. The highest BCUT2D eigenvalue weighted by atomic mass is 16.5. The molecule has 1 aliphatic heterocycles. The highest BCUT2D eigenvalue weighted by Crippen LogP contribution is 2.16. The number of amides is 2. The molecule has 1 aromatic carbocycles. The summed E-state index contributed by atoms with van der Waals surface area (Å²) in [6.45, 7) is 7.23. The number of morpholine rings is 1. The monoisotopic (exact) mass is 276 g/mol. The fourth-order valence-electron chi connectivity index (χ4n) is 2.43. The van der Waals surface area contributed by atoms with Gasteiger partial charge in [-0.1, -0.05) is 30.3 Å². The van der Waals surface area contributed by atoms with Crippen LogP contribution in [0.5, 0.6) is 0 Å². The number of hydrogen-bond acceptors (Lipinski definition) is 2. The van der Waals surface area contributed by atoms with Crippen LogP contribution in [0.4, 0.5) is 4.79 Å². The molecule has 2 unspecified atom stereocenters. The molecule has 0 bridgehead atoms. The summed E-state index contributed by atoms with van der Waals surface area (Å²) in [5.74, 6) is 0. The lowest BCUT2D eigenvalue weighted by atomic mass is 10.1. The summed E-state index contributed by atoms with van der Waals surface area (Å²) in [7, 11) is 0. The molecule has 0 radical (unpaired) electrons. The smallest absolute Gasteiger partial charge is 0.318 e. The van der Waals surface area contributed by atoms with Crippen molar-refractivity contribution in [2.75, 3.05) is 13.2 Å². The lowest BCUT2D eigenvalue weighted by Gasteiger charge is -2.38. The molecule has 1 aliphatic rings. The molecule has 0 spiro atoms. The Morgan fingerprint density at radius 1 is 1.40 bits per heavy atom. The van der Waals surface area contributed by atoms with E-state index in [0.717, 1.165) is 6.42 Å². The summed E-state index contributed by atoms with van der Waals surface area (Å²) in [6, 6.07) is 10.6. The fourth-order valence-corrected chi connectivity index (χ4v) is 2.43. The van der Waals surface area contributed by atoms with Crippen molar-refractivity contribution in [3.8, 4) is 0 Å². The number of urea groups is 1. The van der Waals surface area contributed by atoms with Crippen LogP contribution in [0.1, 0.15) is 26.3 Å². The molecule has 110 valence electrons. The van der Waals surface area contributed by atoms with E-state index in [4.69, 9.17) is 4.74 Å². The van der Waals surface area contributed by atoms with Crippen LogP contribution in [0.2, 0.25) is 0 Å². The Labute approximate surface area is 121 Å². The van der Waals surface area contributed by atoms with Gasteiger partial charge in [0.2, 0.25) is 0 Å². The third kappa shape index (κ3) is 3.97. The summed E-state index contributed by atoms with van der Waals surface area (Å²) >= 11 is 0. The molecule has 2 amide bonds. The standard InChI is InChI=1S/C16H24N2O2/c1-12(2)17-16(19)18-10-15(20-11-13(18)3)9-14-7-5-4-6-8-14/h4-8,12-13,15H,9-11H2,1-3H3,(H,17,19). The SMILES string of the molecule is CC(C)NC(=O)N1CC(Cc2ccccc2)OCC1C. The number of nitrogens with one attached hydrogen (secondary N) is 1. The molecule has 0 aromatic heterocycles. The molecule has 2 atom stereocenters. The first-order valence-corrected chi connectivity index (χ1v) is 7.29. The highest BCUT2D eigenvalue weighted by molar-refractivity contribution is 5.75. The van der Waals surface area contributed by atoms with Gasteiger partial charge in [-0.2, -0.15) is 0 Å². The topological polar surface area (TPSA) is 41.6 Å². The molecule has 0 saturated carbocycles. The second kappa shape index (κ2) is 6.75.